The number of hydrogen-bond acceptors (Lipinski definition) is 11. The van der Waals surface area contributed by atoms with Gasteiger partial charge in [0.2, 0.25) is 23.6 Å². The number of alkyl halides is 2. The average Bonchev–Trinajstić information content (AvgIpc) is 4.28. The molecule has 4 aliphatic rings. The number of aryl methyl sites for hydroxylation is 2. The number of fused-ring (bicyclic) bond motifs is 2. The Morgan fingerprint density at radius 2 is 1.75 bits per heavy atom. The molecular formula is C56H70F2N10O8S. The zero-order chi connectivity index (χ0) is 54.5. The van der Waals surface area contributed by atoms with Gasteiger partial charge in [-0.1, -0.05) is 51.1 Å². The van der Waals surface area contributed by atoms with Gasteiger partial charge in [-0.15, -0.1) is 11.3 Å². The number of ether oxygens (including phenoxy) is 2. The molecule has 9 rings (SSSR count). The van der Waals surface area contributed by atoms with Crippen LogP contribution in [0.2, 0.25) is 0 Å². The van der Waals surface area contributed by atoms with E-state index in [4.69, 9.17) is 9.47 Å². The molecular weight excluding hydrogens is 1010 g/mol. The van der Waals surface area contributed by atoms with Gasteiger partial charge in [0.25, 0.3) is 6.43 Å². The SMILES string of the molecule is CNC(=O)N1CCc2c(c(C3CCCc4cc(-c5cnn(CC(=O)NCCOCC(=O)N[C@H](C(=O)N6C[C@@H](O)C[C@H]6C(=O)NCc6ccc(-c7scnc7C)cc6)C(C)(C)C)c5)c(C(F)F)cc43)cn2C2CCOCC2)C1. The summed E-state index contributed by atoms with van der Waals surface area (Å²) in [6.45, 7) is 9.30. The first-order chi connectivity index (χ1) is 37.0. The summed E-state index contributed by atoms with van der Waals surface area (Å²) in [5, 5.41) is 26.1. The van der Waals surface area contributed by atoms with Crippen molar-refractivity contribution in [2.45, 2.75) is 129 Å². The second-order valence-corrected chi connectivity index (χ2v) is 22.5. The molecule has 0 radical (unpaired) electrons. The molecule has 21 heteroatoms. The maximum Gasteiger partial charge on any atom is 0.317 e. The van der Waals surface area contributed by atoms with Crippen molar-refractivity contribution in [3.63, 3.8) is 0 Å². The summed E-state index contributed by atoms with van der Waals surface area (Å²) in [7, 11) is 1.63. The summed E-state index contributed by atoms with van der Waals surface area (Å²) in [5.74, 6) is -2.03. The zero-order valence-electron chi connectivity index (χ0n) is 44.4. The summed E-state index contributed by atoms with van der Waals surface area (Å²) in [6, 6.07) is 9.44. The quantitative estimate of drug-likeness (QED) is 0.0667. The lowest BCUT2D eigenvalue weighted by molar-refractivity contribution is -0.144. The molecule has 2 saturated heterocycles. The number of benzene rings is 2. The molecule has 2 fully saturated rings. The van der Waals surface area contributed by atoms with E-state index in [1.807, 2.05) is 42.2 Å². The Kier molecular flexibility index (Phi) is 17.2. The number of aliphatic hydroxyl groups excluding tert-OH is 1. The molecule has 3 aromatic heterocycles. The minimum absolute atomic E-state index is 0.0327. The molecule has 5 aromatic rings. The highest BCUT2D eigenvalue weighted by atomic mass is 32.1. The fourth-order valence-electron chi connectivity index (χ4n) is 11.4. The fraction of sp³-hybridized carbons (Fsp3) is 0.518. The largest absolute Gasteiger partial charge is 0.391 e. The van der Waals surface area contributed by atoms with Crippen molar-refractivity contribution in [2.75, 3.05) is 53.1 Å². The van der Waals surface area contributed by atoms with E-state index in [0.29, 0.717) is 43.9 Å². The topological polar surface area (TPSA) is 214 Å². The molecule has 6 heterocycles. The van der Waals surface area contributed by atoms with Crippen molar-refractivity contribution in [2.24, 2.45) is 5.41 Å². The number of aliphatic hydroxyl groups is 1. The van der Waals surface area contributed by atoms with Crippen LogP contribution < -0.4 is 21.3 Å². The summed E-state index contributed by atoms with van der Waals surface area (Å²) in [5.41, 5.74) is 9.86. The molecule has 0 saturated carbocycles. The maximum atomic E-state index is 15.1. The third-order valence-electron chi connectivity index (χ3n) is 15.3. The van der Waals surface area contributed by atoms with Gasteiger partial charge in [0.15, 0.2) is 0 Å². The summed E-state index contributed by atoms with van der Waals surface area (Å²) < 4.78 is 45.3. The van der Waals surface area contributed by atoms with Gasteiger partial charge in [-0.2, -0.15) is 5.10 Å². The molecule has 1 aliphatic carbocycles. The Morgan fingerprint density at radius 3 is 2.47 bits per heavy atom. The molecule has 6 amide bonds. The zero-order valence-corrected chi connectivity index (χ0v) is 45.2. The van der Waals surface area contributed by atoms with Crippen LogP contribution in [0.25, 0.3) is 21.6 Å². The maximum absolute atomic E-state index is 15.1. The Balaban J connectivity index is 0.772. The van der Waals surface area contributed by atoms with Gasteiger partial charge >= 0.3 is 6.03 Å². The number of carbonyl (C=O) groups excluding carboxylic acids is 5. The van der Waals surface area contributed by atoms with E-state index in [1.165, 1.54) is 21.5 Å². The number of rotatable bonds is 17. The highest BCUT2D eigenvalue weighted by molar-refractivity contribution is 7.13. The minimum Gasteiger partial charge on any atom is -0.391 e. The van der Waals surface area contributed by atoms with Gasteiger partial charge in [0.05, 0.1) is 35.0 Å². The highest BCUT2D eigenvalue weighted by Crippen LogP contribution is 2.46. The number of likely N-dealkylation sites (tertiary alicyclic amines) is 1. The first kappa shape index (κ1) is 55.2. The number of urea groups is 1. The normalized spacial score (nSPS) is 19.2. The summed E-state index contributed by atoms with van der Waals surface area (Å²) in [4.78, 5) is 75.2. The van der Waals surface area contributed by atoms with Crippen LogP contribution >= 0.6 is 11.3 Å². The number of nitrogens with one attached hydrogen (secondary N) is 4. The summed E-state index contributed by atoms with van der Waals surface area (Å²) >= 11 is 1.55. The monoisotopic (exact) mass is 1080 g/mol. The Labute approximate surface area is 451 Å². The third kappa shape index (κ3) is 12.6. The Hall–Kier alpha value is -6.55. The number of halogens is 2. The molecule has 1 unspecified atom stereocenters. The number of carbonyl (C=O) groups is 5. The lowest BCUT2D eigenvalue weighted by Crippen LogP contribution is -2.58. The molecule has 0 bridgehead atoms. The number of β-amino-alcohol motifs (C(OH)–C–C–N with tert-alkyl or cyclic N) is 1. The van der Waals surface area contributed by atoms with Crippen molar-refractivity contribution in [1.29, 1.82) is 0 Å². The van der Waals surface area contributed by atoms with Gasteiger partial charge in [0.1, 0.15) is 25.2 Å². The van der Waals surface area contributed by atoms with E-state index < -0.39 is 60.3 Å². The van der Waals surface area contributed by atoms with Crippen LogP contribution in [-0.2, 0) is 61.1 Å². The molecule has 3 aliphatic heterocycles. The van der Waals surface area contributed by atoms with Crippen LogP contribution in [0, 0.1) is 12.3 Å². The van der Waals surface area contributed by atoms with Gasteiger partial charge < -0.3 is 50.2 Å². The van der Waals surface area contributed by atoms with Crippen molar-refractivity contribution in [1.82, 2.24) is 50.4 Å². The van der Waals surface area contributed by atoms with Crippen LogP contribution in [0.5, 0.6) is 0 Å². The van der Waals surface area contributed by atoms with E-state index in [0.717, 1.165) is 76.1 Å². The average molecular weight is 1080 g/mol. The third-order valence-corrected chi connectivity index (χ3v) is 16.3. The van der Waals surface area contributed by atoms with E-state index >= 15 is 8.78 Å². The molecule has 4 atom stereocenters. The fourth-order valence-corrected chi connectivity index (χ4v) is 12.2. The van der Waals surface area contributed by atoms with Gasteiger partial charge in [-0.05, 0) is 89.5 Å². The second kappa shape index (κ2) is 24.0. The van der Waals surface area contributed by atoms with Crippen molar-refractivity contribution >= 4 is 41.0 Å². The number of aromatic nitrogens is 4. The number of thiazole rings is 1. The minimum atomic E-state index is -2.78. The summed E-state index contributed by atoms with van der Waals surface area (Å²) in [6.07, 6.45) is 6.54. The number of amides is 6. The second-order valence-electron chi connectivity index (χ2n) is 21.6. The molecule has 0 spiro atoms. The van der Waals surface area contributed by atoms with Crippen LogP contribution in [0.1, 0.15) is 116 Å². The standard InChI is InChI=1S/C56H70F2N10O8S/c1-33-50(77-32-62-33)35-11-9-34(10-12-35)24-61-53(72)47-22-39(69)27-68(47)54(73)51(56(2,3)4)64-49(71)31-76-20-16-60-48(70)30-66-26-37(25-63-66)41-21-36-7-6-8-40(42(36)23-43(41)52(57)58)44-29-67(38-14-18-75-19-15-38)46-13-17-65(28-45(44)46)55(74)59-5/h9-12,21,23,25-26,29,32,38-40,47,51-52,69H,6-8,13-20,22,24,27-28,30-31H2,1-5H3,(H,59,74)(H,60,70)(H,61,72)(H,64,71)/t39-,40?,47-,51+/m0/s1. The first-order valence-electron chi connectivity index (χ1n) is 26.6. The van der Waals surface area contributed by atoms with Gasteiger partial charge in [-0.3, -0.25) is 23.9 Å². The van der Waals surface area contributed by atoms with Gasteiger partial charge in [0, 0.05) is 107 Å². The van der Waals surface area contributed by atoms with Crippen LogP contribution in [0.4, 0.5) is 13.6 Å². The van der Waals surface area contributed by atoms with E-state index in [-0.39, 0.29) is 62.8 Å². The van der Waals surface area contributed by atoms with Crippen molar-refractivity contribution < 1.29 is 47.3 Å². The molecule has 412 valence electrons. The first-order valence-corrected chi connectivity index (χ1v) is 27.5. The predicted molar refractivity (Wildman–Crippen MR) is 285 cm³/mol. The number of nitrogens with zero attached hydrogens (tertiary/aromatic N) is 6. The predicted octanol–water partition coefficient (Wildman–Crippen LogP) is 6.18. The molecule has 18 nitrogen and oxygen atoms in total. The van der Waals surface area contributed by atoms with Crippen molar-refractivity contribution in [3.05, 3.63) is 105 Å². The molecule has 5 N–H and O–H groups in total. The molecule has 77 heavy (non-hydrogen) atoms. The number of hydrogen-bond donors (Lipinski definition) is 5. The van der Waals surface area contributed by atoms with Crippen molar-refractivity contribution in [3.8, 4) is 21.6 Å². The van der Waals surface area contributed by atoms with E-state index in [9.17, 15) is 29.1 Å². The lowest BCUT2D eigenvalue weighted by Gasteiger charge is -2.35. The van der Waals surface area contributed by atoms with Gasteiger partial charge in [-0.25, -0.2) is 18.6 Å². The van der Waals surface area contributed by atoms with E-state index in [2.05, 4.69) is 42.1 Å². The smallest absolute Gasteiger partial charge is 0.317 e. The van der Waals surface area contributed by atoms with E-state index in [1.54, 1.807) is 56.9 Å². The van der Waals surface area contributed by atoms with Crippen LogP contribution in [0.3, 0.4) is 0 Å². The highest BCUT2D eigenvalue weighted by Gasteiger charge is 2.45. The molecule has 2 aromatic carbocycles. The van der Waals surface area contributed by atoms with Crippen LogP contribution in [0.15, 0.2) is 60.5 Å². The lowest BCUT2D eigenvalue weighted by atomic mass is 9.76. The Morgan fingerprint density at radius 1 is 0.974 bits per heavy atom. The Bertz CT molecular complexity index is 2940. The van der Waals surface area contributed by atoms with Crippen LogP contribution in [-0.4, -0.2) is 135 Å².